The van der Waals surface area contributed by atoms with Crippen LogP contribution in [-0.4, -0.2) is 85.2 Å². The number of nitrogens with one attached hydrogen (secondary N) is 2. The molecule has 5 rings (SSSR count). The third-order valence-corrected chi connectivity index (χ3v) is 7.31. The van der Waals surface area contributed by atoms with Crippen LogP contribution >= 0.6 is 0 Å². The Morgan fingerprint density at radius 1 is 0.808 bits per heavy atom. The summed E-state index contributed by atoms with van der Waals surface area (Å²) in [5.41, 5.74) is 0.155. The summed E-state index contributed by atoms with van der Waals surface area (Å²) in [4.78, 5) is 29.1. The maximum absolute atomic E-state index is 11.9. The first-order chi connectivity index (χ1) is 12.6. The van der Waals surface area contributed by atoms with Gasteiger partial charge in [-0.25, -0.2) is 0 Å². The highest BCUT2D eigenvalue weighted by Crippen LogP contribution is 2.39. The Balaban J connectivity index is 1.31. The van der Waals surface area contributed by atoms with E-state index in [1.54, 1.807) is 0 Å². The molecule has 2 N–H and O–H groups in total. The van der Waals surface area contributed by atoms with E-state index in [1.807, 2.05) is 0 Å². The third-order valence-electron chi connectivity index (χ3n) is 7.31. The van der Waals surface area contributed by atoms with Gasteiger partial charge in [0.2, 0.25) is 11.8 Å². The lowest BCUT2D eigenvalue weighted by Crippen LogP contribution is -2.60. The summed E-state index contributed by atoms with van der Waals surface area (Å²) in [6.07, 6.45) is 5.94. The van der Waals surface area contributed by atoms with Gasteiger partial charge in [0.15, 0.2) is 0 Å². The summed E-state index contributed by atoms with van der Waals surface area (Å²) >= 11 is 0. The van der Waals surface area contributed by atoms with Crippen LogP contribution in [0, 0.1) is 5.41 Å². The first-order valence-corrected chi connectivity index (χ1v) is 10.2. The fourth-order valence-electron chi connectivity index (χ4n) is 5.86. The van der Waals surface area contributed by atoms with Crippen molar-refractivity contribution in [1.82, 2.24) is 20.4 Å². The van der Waals surface area contributed by atoms with Crippen molar-refractivity contribution in [2.24, 2.45) is 5.41 Å². The summed E-state index contributed by atoms with van der Waals surface area (Å²) in [5.74, 6) is 0.410. The number of rotatable bonds is 4. The molecule has 26 heavy (non-hydrogen) atoms. The Kier molecular flexibility index (Phi) is 4.21. The van der Waals surface area contributed by atoms with Gasteiger partial charge in [-0.05, 0) is 25.7 Å². The van der Waals surface area contributed by atoms with Crippen LogP contribution in [0.1, 0.15) is 38.5 Å². The Labute approximate surface area is 154 Å². The largest absolute Gasteiger partial charge is 0.380 e. The molecule has 4 atom stereocenters. The highest BCUT2D eigenvalue weighted by atomic mass is 16.5. The number of hydrogen-bond acceptors (Lipinski definition) is 5. The van der Waals surface area contributed by atoms with Crippen LogP contribution in [0.15, 0.2) is 0 Å². The maximum atomic E-state index is 11.9. The molecule has 0 aromatic heterocycles. The van der Waals surface area contributed by atoms with E-state index in [4.69, 9.17) is 4.74 Å². The fraction of sp³-hybridized carbons (Fsp3) is 0.895. The number of ether oxygens (including phenoxy) is 1. The van der Waals surface area contributed by atoms with Gasteiger partial charge in [-0.15, -0.1) is 0 Å². The molecule has 5 aliphatic heterocycles. The average molecular weight is 362 g/mol. The van der Waals surface area contributed by atoms with E-state index in [9.17, 15) is 9.59 Å². The SMILES string of the molecule is O=C1CC2CCC(CN1)N2CC1(CN2C3CCC2CC(=O)NC3)COC1. The van der Waals surface area contributed by atoms with Crippen molar-refractivity contribution in [2.45, 2.75) is 62.7 Å². The van der Waals surface area contributed by atoms with E-state index in [-0.39, 0.29) is 17.2 Å². The van der Waals surface area contributed by atoms with Crippen LogP contribution in [0.5, 0.6) is 0 Å². The molecule has 0 aromatic rings. The number of carbonyl (C=O) groups is 2. The topological polar surface area (TPSA) is 73.9 Å². The maximum Gasteiger partial charge on any atom is 0.221 e. The summed E-state index contributed by atoms with van der Waals surface area (Å²) in [5, 5.41) is 6.16. The first kappa shape index (κ1) is 17.0. The standard InChI is InChI=1S/C19H30N4O3/c24-17-5-13-1-3-15(7-20-17)22(13)9-19(11-26-12-19)10-23-14-2-4-16(23)8-21-18(25)6-14/h13-16H,1-12H2,(H,20,24)(H,21,25). The van der Waals surface area contributed by atoms with Crippen molar-refractivity contribution in [3.63, 3.8) is 0 Å². The lowest BCUT2D eigenvalue weighted by atomic mass is 9.83. The van der Waals surface area contributed by atoms with Gasteiger partial charge in [0, 0.05) is 68.6 Å². The number of nitrogens with zero attached hydrogens (tertiary/aromatic N) is 2. The molecule has 0 saturated carbocycles. The van der Waals surface area contributed by atoms with Crippen LogP contribution in [0.4, 0.5) is 0 Å². The van der Waals surface area contributed by atoms with Gasteiger partial charge in [0.1, 0.15) is 0 Å². The van der Waals surface area contributed by atoms with Crippen molar-refractivity contribution in [3.05, 3.63) is 0 Å². The highest BCUT2D eigenvalue weighted by Gasteiger charge is 2.49. The lowest BCUT2D eigenvalue weighted by Gasteiger charge is -2.49. The fourth-order valence-corrected chi connectivity index (χ4v) is 5.86. The molecule has 0 radical (unpaired) electrons. The zero-order valence-corrected chi connectivity index (χ0v) is 15.4. The molecule has 0 aliphatic carbocycles. The minimum atomic E-state index is 0.155. The molecule has 144 valence electrons. The Bertz CT molecular complexity index is 547. The van der Waals surface area contributed by atoms with Crippen LogP contribution in [-0.2, 0) is 14.3 Å². The van der Waals surface area contributed by atoms with E-state index in [0.29, 0.717) is 37.0 Å². The molecule has 4 bridgehead atoms. The molecular formula is C19H30N4O3. The number of hydrogen-bond donors (Lipinski definition) is 2. The van der Waals surface area contributed by atoms with E-state index in [2.05, 4.69) is 20.4 Å². The smallest absolute Gasteiger partial charge is 0.221 e. The zero-order chi connectivity index (χ0) is 17.7. The molecular weight excluding hydrogens is 332 g/mol. The van der Waals surface area contributed by atoms with Crippen molar-refractivity contribution < 1.29 is 14.3 Å². The molecule has 7 heteroatoms. The molecule has 5 aliphatic rings. The van der Waals surface area contributed by atoms with Gasteiger partial charge in [-0.3, -0.25) is 19.4 Å². The average Bonchev–Trinajstić information content (AvgIpc) is 3.01. The molecule has 5 heterocycles. The van der Waals surface area contributed by atoms with Gasteiger partial charge < -0.3 is 15.4 Å². The monoisotopic (exact) mass is 362 g/mol. The van der Waals surface area contributed by atoms with Crippen molar-refractivity contribution in [1.29, 1.82) is 0 Å². The Hall–Kier alpha value is -1.18. The van der Waals surface area contributed by atoms with Gasteiger partial charge in [-0.2, -0.15) is 0 Å². The summed E-state index contributed by atoms with van der Waals surface area (Å²) in [6, 6.07) is 1.74. The van der Waals surface area contributed by atoms with Crippen LogP contribution in [0.3, 0.4) is 0 Å². The second kappa shape index (κ2) is 6.46. The van der Waals surface area contributed by atoms with Crippen LogP contribution in [0.2, 0.25) is 0 Å². The number of amides is 2. The summed E-state index contributed by atoms with van der Waals surface area (Å²) in [6.45, 7) is 5.24. The molecule has 5 fully saturated rings. The van der Waals surface area contributed by atoms with Crippen molar-refractivity contribution in [3.8, 4) is 0 Å². The number of fused-ring (bicyclic) bond motifs is 4. The van der Waals surface area contributed by atoms with Crippen molar-refractivity contribution in [2.75, 3.05) is 39.4 Å². The van der Waals surface area contributed by atoms with Gasteiger partial charge >= 0.3 is 0 Å². The highest BCUT2D eigenvalue weighted by molar-refractivity contribution is 5.77. The van der Waals surface area contributed by atoms with E-state index in [0.717, 1.165) is 52.2 Å². The molecule has 0 spiro atoms. The van der Waals surface area contributed by atoms with E-state index in [1.165, 1.54) is 12.8 Å². The first-order valence-electron chi connectivity index (χ1n) is 10.2. The lowest BCUT2D eigenvalue weighted by molar-refractivity contribution is -0.146. The Morgan fingerprint density at radius 2 is 1.27 bits per heavy atom. The quantitative estimate of drug-likeness (QED) is 0.719. The summed E-state index contributed by atoms with van der Waals surface area (Å²) in [7, 11) is 0. The molecule has 2 amide bonds. The summed E-state index contributed by atoms with van der Waals surface area (Å²) < 4.78 is 5.69. The predicted molar refractivity (Wildman–Crippen MR) is 95.5 cm³/mol. The zero-order valence-electron chi connectivity index (χ0n) is 15.4. The van der Waals surface area contributed by atoms with E-state index >= 15 is 0 Å². The minimum absolute atomic E-state index is 0.155. The normalized spacial score (nSPS) is 39.7. The molecule has 4 unspecified atom stereocenters. The molecule has 0 aromatic carbocycles. The Morgan fingerprint density at radius 3 is 1.69 bits per heavy atom. The van der Waals surface area contributed by atoms with Gasteiger partial charge in [0.05, 0.1) is 13.2 Å². The van der Waals surface area contributed by atoms with Gasteiger partial charge in [0.25, 0.3) is 0 Å². The second-order valence-electron chi connectivity index (χ2n) is 9.12. The number of carbonyl (C=O) groups excluding carboxylic acids is 2. The third kappa shape index (κ3) is 2.94. The predicted octanol–water partition coefficient (Wildman–Crippen LogP) is -0.291. The van der Waals surface area contributed by atoms with Crippen LogP contribution < -0.4 is 10.6 Å². The minimum Gasteiger partial charge on any atom is -0.380 e. The van der Waals surface area contributed by atoms with E-state index < -0.39 is 0 Å². The van der Waals surface area contributed by atoms with Crippen molar-refractivity contribution >= 4 is 11.8 Å². The second-order valence-corrected chi connectivity index (χ2v) is 9.12. The molecule has 7 nitrogen and oxygen atoms in total. The molecule has 5 saturated heterocycles. The van der Waals surface area contributed by atoms with Crippen LogP contribution in [0.25, 0.3) is 0 Å². The van der Waals surface area contributed by atoms with Gasteiger partial charge in [-0.1, -0.05) is 0 Å².